The molecule has 0 bridgehead atoms. The lowest BCUT2D eigenvalue weighted by molar-refractivity contribution is 0.0773. The predicted octanol–water partition coefficient (Wildman–Crippen LogP) is 4.76. The van der Waals surface area contributed by atoms with Gasteiger partial charge in [-0.25, -0.2) is 0 Å². The maximum Gasteiger partial charge on any atom is 0.255 e. The minimum atomic E-state index is -0.00109. The molecule has 0 aliphatic carbocycles. The molecule has 1 amide bonds. The molecule has 3 nitrogen and oxygen atoms in total. The Morgan fingerprint density at radius 2 is 1.84 bits per heavy atom. The zero-order valence-corrected chi connectivity index (χ0v) is 14.8. The number of aromatic nitrogens is 1. The third-order valence-corrected chi connectivity index (χ3v) is 5.17. The van der Waals surface area contributed by atoms with Crippen LogP contribution in [0.25, 0.3) is 16.5 Å². The molecule has 0 saturated carbocycles. The molecule has 4 heteroatoms. The Hall–Kier alpha value is -2.52. The maximum absolute atomic E-state index is 12.7. The molecule has 0 fully saturated rings. The van der Waals surface area contributed by atoms with Gasteiger partial charge in [-0.1, -0.05) is 48.0 Å². The highest BCUT2D eigenvalue weighted by Crippen LogP contribution is 2.31. The minimum absolute atomic E-state index is 0.00109. The van der Waals surface area contributed by atoms with Crippen molar-refractivity contribution in [2.75, 3.05) is 13.1 Å². The lowest BCUT2D eigenvalue weighted by Crippen LogP contribution is -2.34. The molecule has 2 aromatic carbocycles. The fourth-order valence-corrected chi connectivity index (χ4v) is 3.72. The summed E-state index contributed by atoms with van der Waals surface area (Å²) in [5.74, 6) is -0.00109. The van der Waals surface area contributed by atoms with Crippen LogP contribution in [0.15, 0.2) is 60.8 Å². The lowest BCUT2D eigenvalue weighted by atomic mass is 9.98. The van der Waals surface area contributed by atoms with Crippen molar-refractivity contribution in [3.05, 3.63) is 77.0 Å². The molecular weight excluding hydrogens is 332 g/mol. The van der Waals surface area contributed by atoms with Crippen LogP contribution in [-0.4, -0.2) is 28.5 Å². The van der Waals surface area contributed by atoms with Crippen molar-refractivity contribution in [2.45, 2.75) is 6.42 Å². The molecule has 2 heterocycles. The van der Waals surface area contributed by atoms with E-state index in [1.807, 2.05) is 17.0 Å². The number of fused-ring (bicyclic) bond motifs is 1. The number of hydrogen-bond donors (Lipinski definition) is 0. The molecular formula is C21H19ClN2O. The smallest absolute Gasteiger partial charge is 0.255 e. The van der Waals surface area contributed by atoms with E-state index in [2.05, 4.69) is 48.2 Å². The average Bonchev–Trinajstić information content (AvgIpc) is 2.99. The van der Waals surface area contributed by atoms with Crippen LogP contribution in [0.5, 0.6) is 0 Å². The number of nitrogens with zero attached hydrogens (tertiary/aromatic N) is 2. The van der Waals surface area contributed by atoms with E-state index < -0.39 is 0 Å². The van der Waals surface area contributed by atoms with Crippen molar-refractivity contribution in [3.8, 4) is 0 Å². The third kappa shape index (κ3) is 2.85. The van der Waals surface area contributed by atoms with Crippen LogP contribution in [0.2, 0.25) is 5.02 Å². The molecule has 25 heavy (non-hydrogen) atoms. The van der Waals surface area contributed by atoms with Crippen molar-refractivity contribution in [2.24, 2.45) is 7.05 Å². The number of para-hydroxylation sites is 1. The van der Waals surface area contributed by atoms with Gasteiger partial charge in [0.15, 0.2) is 0 Å². The highest BCUT2D eigenvalue weighted by atomic mass is 35.5. The Labute approximate surface area is 152 Å². The second-order valence-corrected chi connectivity index (χ2v) is 6.79. The number of aryl methyl sites for hydroxylation is 1. The zero-order chi connectivity index (χ0) is 17.4. The fraction of sp³-hybridized carbons (Fsp3) is 0.190. The van der Waals surface area contributed by atoms with E-state index in [4.69, 9.17) is 11.6 Å². The van der Waals surface area contributed by atoms with Gasteiger partial charge >= 0.3 is 0 Å². The van der Waals surface area contributed by atoms with Gasteiger partial charge in [0.2, 0.25) is 0 Å². The van der Waals surface area contributed by atoms with E-state index in [0.717, 1.165) is 6.42 Å². The van der Waals surface area contributed by atoms with Crippen LogP contribution < -0.4 is 0 Å². The predicted molar refractivity (Wildman–Crippen MR) is 103 cm³/mol. The summed E-state index contributed by atoms with van der Waals surface area (Å²) in [5, 5.41) is 1.78. The van der Waals surface area contributed by atoms with Gasteiger partial charge in [0, 0.05) is 42.8 Å². The van der Waals surface area contributed by atoms with Gasteiger partial charge in [0.25, 0.3) is 5.91 Å². The van der Waals surface area contributed by atoms with Crippen LogP contribution in [0.4, 0.5) is 0 Å². The molecule has 0 unspecified atom stereocenters. The fourth-order valence-electron chi connectivity index (χ4n) is 3.50. The van der Waals surface area contributed by atoms with Gasteiger partial charge in [0.1, 0.15) is 0 Å². The normalized spacial score (nSPS) is 14.6. The van der Waals surface area contributed by atoms with Crippen LogP contribution >= 0.6 is 11.6 Å². The molecule has 0 radical (unpaired) electrons. The van der Waals surface area contributed by atoms with Gasteiger partial charge in [-0.2, -0.15) is 0 Å². The molecule has 1 aliphatic heterocycles. The second kappa shape index (κ2) is 6.41. The first-order valence-electron chi connectivity index (χ1n) is 8.42. The molecule has 0 spiro atoms. The Balaban J connectivity index is 1.60. The van der Waals surface area contributed by atoms with Gasteiger partial charge in [0.05, 0.1) is 10.6 Å². The molecule has 126 valence electrons. The number of hydrogen-bond acceptors (Lipinski definition) is 1. The highest BCUT2D eigenvalue weighted by molar-refractivity contribution is 6.33. The zero-order valence-electron chi connectivity index (χ0n) is 14.1. The van der Waals surface area contributed by atoms with E-state index in [-0.39, 0.29) is 5.91 Å². The van der Waals surface area contributed by atoms with E-state index in [0.29, 0.717) is 23.7 Å². The van der Waals surface area contributed by atoms with Crippen LogP contribution in [0.1, 0.15) is 22.3 Å². The van der Waals surface area contributed by atoms with E-state index in [1.54, 1.807) is 12.1 Å². The number of halogens is 1. The standard InChI is InChI=1S/C21H19ClN2O/c1-23-14-18(16-6-3-5-9-20(16)23)15-10-12-24(13-11-15)21(25)17-7-2-4-8-19(17)22/h2-10,14H,11-13H2,1H3. The Morgan fingerprint density at radius 3 is 2.60 bits per heavy atom. The highest BCUT2D eigenvalue weighted by Gasteiger charge is 2.22. The quantitative estimate of drug-likeness (QED) is 0.654. The van der Waals surface area contributed by atoms with Crippen LogP contribution in [-0.2, 0) is 7.05 Å². The Bertz CT molecular complexity index is 986. The van der Waals surface area contributed by atoms with Gasteiger partial charge < -0.3 is 9.47 Å². The first kappa shape index (κ1) is 16.0. The largest absolute Gasteiger partial charge is 0.350 e. The van der Waals surface area contributed by atoms with E-state index in [9.17, 15) is 4.79 Å². The summed E-state index contributed by atoms with van der Waals surface area (Å²) in [4.78, 5) is 14.5. The molecule has 1 aromatic heterocycles. The summed E-state index contributed by atoms with van der Waals surface area (Å²) >= 11 is 6.17. The maximum atomic E-state index is 12.7. The lowest BCUT2D eigenvalue weighted by Gasteiger charge is -2.27. The van der Waals surface area contributed by atoms with Crippen LogP contribution in [0, 0.1) is 0 Å². The first-order valence-corrected chi connectivity index (χ1v) is 8.80. The topological polar surface area (TPSA) is 25.2 Å². The number of benzene rings is 2. The van der Waals surface area contributed by atoms with E-state index in [1.165, 1.54) is 22.0 Å². The van der Waals surface area contributed by atoms with Crippen molar-refractivity contribution in [3.63, 3.8) is 0 Å². The summed E-state index contributed by atoms with van der Waals surface area (Å²) in [6.45, 7) is 1.32. The summed E-state index contributed by atoms with van der Waals surface area (Å²) in [7, 11) is 2.07. The molecule has 0 atom stereocenters. The SMILES string of the molecule is Cn1cc(C2=CCN(C(=O)c3ccccc3Cl)CC2)c2ccccc21. The van der Waals surface area contributed by atoms with Crippen molar-refractivity contribution in [1.29, 1.82) is 0 Å². The van der Waals surface area contributed by atoms with Crippen molar-refractivity contribution >= 4 is 34.0 Å². The van der Waals surface area contributed by atoms with Crippen molar-refractivity contribution in [1.82, 2.24) is 9.47 Å². The summed E-state index contributed by atoms with van der Waals surface area (Å²) in [6, 6.07) is 15.7. The monoisotopic (exact) mass is 350 g/mol. The number of rotatable bonds is 2. The summed E-state index contributed by atoms with van der Waals surface area (Å²) < 4.78 is 2.16. The van der Waals surface area contributed by atoms with Crippen molar-refractivity contribution < 1.29 is 4.79 Å². The van der Waals surface area contributed by atoms with Gasteiger partial charge in [-0.15, -0.1) is 0 Å². The molecule has 1 aliphatic rings. The molecule has 0 saturated heterocycles. The number of carbonyl (C=O) groups is 1. The van der Waals surface area contributed by atoms with Crippen LogP contribution in [0.3, 0.4) is 0 Å². The third-order valence-electron chi connectivity index (χ3n) is 4.84. The van der Waals surface area contributed by atoms with Gasteiger partial charge in [-0.3, -0.25) is 4.79 Å². The first-order chi connectivity index (χ1) is 12.1. The van der Waals surface area contributed by atoms with Gasteiger partial charge in [-0.05, 0) is 30.2 Å². The minimum Gasteiger partial charge on any atom is -0.350 e. The Morgan fingerprint density at radius 1 is 1.08 bits per heavy atom. The molecule has 0 N–H and O–H groups in total. The second-order valence-electron chi connectivity index (χ2n) is 6.38. The summed E-state index contributed by atoms with van der Waals surface area (Å²) in [5.41, 5.74) is 4.38. The molecule has 4 rings (SSSR count). The average molecular weight is 351 g/mol. The van der Waals surface area contributed by atoms with E-state index >= 15 is 0 Å². The Kier molecular flexibility index (Phi) is 4.10. The number of amides is 1. The summed E-state index contributed by atoms with van der Waals surface area (Å²) in [6.07, 6.45) is 5.20. The number of carbonyl (C=O) groups excluding carboxylic acids is 1. The molecule has 3 aromatic rings.